The topological polar surface area (TPSA) is 32.6 Å². The Hall–Kier alpha value is -1.48. The first-order valence-electron chi connectivity index (χ1n) is 10.4. The molecule has 2 atom stereocenters. The lowest BCUT2D eigenvalue weighted by Gasteiger charge is -2.30. The van der Waals surface area contributed by atoms with Crippen molar-refractivity contribution in [2.75, 3.05) is 32.6 Å². The first-order valence-corrected chi connectivity index (χ1v) is 11.2. The Labute approximate surface area is 181 Å². The molecule has 2 unspecified atom stereocenters. The van der Waals surface area contributed by atoms with E-state index in [-0.39, 0.29) is 22.2 Å². The maximum absolute atomic E-state index is 12.8. The Balaban J connectivity index is 0.000000691. The predicted molar refractivity (Wildman–Crippen MR) is 118 cm³/mol. The van der Waals surface area contributed by atoms with Gasteiger partial charge in [-0.2, -0.15) is 18.3 Å². The van der Waals surface area contributed by atoms with Gasteiger partial charge in [0, 0.05) is 18.6 Å². The number of piperidine rings is 1. The van der Waals surface area contributed by atoms with Gasteiger partial charge in [-0.3, -0.25) is 4.39 Å². The zero-order valence-electron chi connectivity index (χ0n) is 18.9. The minimum Gasteiger partial charge on any atom is -0.364 e. The lowest BCUT2D eigenvalue weighted by atomic mass is 10.1. The van der Waals surface area contributed by atoms with Crippen LogP contribution in [-0.4, -0.2) is 52.9 Å². The van der Waals surface area contributed by atoms with Gasteiger partial charge in [0.15, 0.2) is 0 Å². The monoisotopic (exact) mass is 450 g/mol. The molecule has 2 fully saturated rings. The van der Waals surface area contributed by atoms with Crippen molar-refractivity contribution < 1.29 is 17.6 Å². The molecule has 1 N–H and O–H groups in total. The molecule has 2 aliphatic rings. The van der Waals surface area contributed by atoms with Gasteiger partial charge >= 0.3 is 5.51 Å². The fourth-order valence-corrected chi connectivity index (χ4v) is 4.43. The van der Waals surface area contributed by atoms with E-state index in [0.717, 1.165) is 31.7 Å². The van der Waals surface area contributed by atoms with Crippen LogP contribution in [0.3, 0.4) is 0 Å². The van der Waals surface area contributed by atoms with Crippen molar-refractivity contribution in [1.82, 2.24) is 14.5 Å². The Kier molecular flexibility index (Phi) is 9.94. The van der Waals surface area contributed by atoms with Gasteiger partial charge in [0.05, 0.1) is 23.3 Å². The summed E-state index contributed by atoms with van der Waals surface area (Å²) < 4.78 is 49.5. The molecule has 0 spiro atoms. The van der Waals surface area contributed by atoms with Gasteiger partial charge in [-0.25, -0.2) is 4.52 Å². The molecule has 0 radical (unpaired) electrons. The standard InChI is InChI=1S/C16H19F3N4S.2C2H6.CH3F/c1-10-14(24-16(17,18)19)12-4-3-5-13(23(12)21-10)20-15-6-7-22(2)9-11(15)8-15;3*1-2/h3-5,11,20H,6-9H2,1-2H3;2*1-2H3;1H3. The maximum Gasteiger partial charge on any atom is 0.446 e. The number of halogens is 4. The average Bonchev–Trinajstić information content (AvgIpc) is 3.35. The number of alkyl halides is 4. The molecule has 4 nitrogen and oxygen atoms in total. The minimum atomic E-state index is -4.31. The normalized spacial score (nSPS) is 22.4. The van der Waals surface area contributed by atoms with E-state index in [1.54, 1.807) is 23.6 Å². The first-order chi connectivity index (χ1) is 14.3. The van der Waals surface area contributed by atoms with Crippen LogP contribution in [0.1, 0.15) is 46.2 Å². The fourth-order valence-electron chi connectivity index (χ4n) is 3.75. The number of fused-ring (bicyclic) bond motifs is 2. The van der Waals surface area contributed by atoms with E-state index in [4.69, 9.17) is 0 Å². The van der Waals surface area contributed by atoms with E-state index in [2.05, 4.69) is 22.4 Å². The lowest BCUT2D eigenvalue weighted by molar-refractivity contribution is -0.0328. The SMILES string of the molecule is CC.CC.CF.Cc1nn2c(NC34CCN(C)CC3C4)cccc2c1SC(F)(F)F. The van der Waals surface area contributed by atoms with Crippen molar-refractivity contribution in [3.63, 3.8) is 0 Å². The molecule has 1 saturated carbocycles. The predicted octanol–water partition coefficient (Wildman–Crippen LogP) is 6.40. The van der Waals surface area contributed by atoms with Gasteiger partial charge in [0.2, 0.25) is 0 Å². The second kappa shape index (κ2) is 11.2. The summed E-state index contributed by atoms with van der Waals surface area (Å²) in [5, 5.41) is 7.93. The summed E-state index contributed by atoms with van der Waals surface area (Å²) in [7, 11) is 2.63. The molecular formula is C21H34F4N4S. The molecule has 1 aliphatic heterocycles. The Morgan fingerprint density at radius 3 is 2.37 bits per heavy atom. The lowest BCUT2D eigenvalue weighted by Crippen LogP contribution is -2.39. The highest BCUT2D eigenvalue weighted by atomic mass is 32.2. The number of nitrogens with one attached hydrogen (secondary N) is 1. The first kappa shape index (κ1) is 26.6. The number of rotatable bonds is 3. The number of hydrogen-bond donors (Lipinski definition) is 1. The maximum atomic E-state index is 12.8. The van der Waals surface area contributed by atoms with Gasteiger partial charge in [-0.1, -0.05) is 33.8 Å². The van der Waals surface area contributed by atoms with Crippen molar-refractivity contribution in [3.05, 3.63) is 23.9 Å². The molecule has 172 valence electrons. The zero-order valence-corrected chi connectivity index (χ0v) is 19.7. The van der Waals surface area contributed by atoms with E-state index in [0.29, 0.717) is 24.3 Å². The smallest absolute Gasteiger partial charge is 0.364 e. The van der Waals surface area contributed by atoms with Crippen LogP contribution in [0.15, 0.2) is 23.1 Å². The molecule has 2 aromatic heterocycles. The van der Waals surface area contributed by atoms with Crippen LogP contribution in [0.2, 0.25) is 0 Å². The van der Waals surface area contributed by atoms with Crippen molar-refractivity contribution >= 4 is 23.1 Å². The zero-order chi connectivity index (χ0) is 23.1. The quantitative estimate of drug-likeness (QED) is 0.433. The third-order valence-electron chi connectivity index (χ3n) is 5.07. The largest absolute Gasteiger partial charge is 0.446 e. The molecular weight excluding hydrogens is 416 g/mol. The van der Waals surface area contributed by atoms with E-state index in [1.807, 2.05) is 33.8 Å². The molecule has 0 bridgehead atoms. The van der Waals surface area contributed by atoms with Crippen LogP contribution < -0.4 is 5.32 Å². The molecule has 4 rings (SSSR count). The summed E-state index contributed by atoms with van der Waals surface area (Å²) in [6, 6.07) is 5.38. The molecule has 0 amide bonds. The third-order valence-corrected chi connectivity index (χ3v) is 6.01. The van der Waals surface area contributed by atoms with Gasteiger partial charge in [-0.05, 0) is 56.6 Å². The summed E-state index contributed by atoms with van der Waals surface area (Å²) in [4.78, 5) is 2.51. The summed E-state index contributed by atoms with van der Waals surface area (Å²) in [5.74, 6) is 1.38. The number of likely N-dealkylation sites (tertiary alicyclic amines) is 1. The van der Waals surface area contributed by atoms with E-state index >= 15 is 0 Å². The number of aryl methyl sites for hydroxylation is 1. The third kappa shape index (κ3) is 6.03. The van der Waals surface area contributed by atoms with Crippen molar-refractivity contribution in [2.45, 2.75) is 63.4 Å². The Morgan fingerprint density at radius 1 is 1.17 bits per heavy atom. The summed E-state index contributed by atoms with van der Waals surface area (Å²) in [6.07, 6.45) is 2.16. The number of aromatic nitrogens is 2. The molecule has 1 saturated heterocycles. The van der Waals surface area contributed by atoms with Crippen LogP contribution in [-0.2, 0) is 0 Å². The van der Waals surface area contributed by atoms with Crippen LogP contribution >= 0.6 is 11.8 Å². The Bertz CT molecular complexity index is 793. The average molecular weight is 451 g/mol. The summed E-state index contributed by atoms with van der Waals surface area (Å²) in [5.41, 5.74) is -3.33. The molecule has 30 heavy (non-hydrogen) atoms. The van der Waals surface area contributed by atoms with Gasteiger partial charge in [0.25, 0.3) is 0 Å². The highest BCUT2D eigenvalue weighted by molar-refractivity contribution is 8.00. The molecule has 9 heteroatoms. The number of thioether (sulfide) groups is 1. The molecule has 3 heterocycles. The van der Waals surface area contributed by atoms with Crippen molar-refractivity contribution in [1.29, 1.82) is 0 Å². The molecule has 2 aromatic rings. The fraction of sp³-hybridized carbons (Fsp3) is 0.667. The molecule has 0 aromatic carbocycles. The van der Waals surface area contributed by atoms with E-state index in [9.17, 15) is 17.6 Å². The minimum absolute atomic E-state index is 0.0813. The van der Waals surface area contributed by atoms with Gasteiger partial charge in [-0.15, -0.1) is 0 Å². The number of hydrogen-bond acceptors (Lipinski definition) is 4. The van der Waals surface area contributed by atoms with Crippen LogP contribution in [0, 0.1) is 12.8 Å². The number of pyridine rings is 1. The number of anilines is 1. The van der Waals surface area contributed by atoms with E-state index < -0.39 is 5.51 Å². The second-order valence-electron chi connectivity index (χ2n) is 6.86. The van der Waals surface area contributed by atoms with Crippen molar-refractivity contribution in [2.24, 2.45) is 5.92 Å². The van der Waals surface area contributed by atoms with Gasteiger partial charge < -0.3 is 10.2 Å². The number of nitrogens with zero attached hydrogens (tertiary/aromatic N) is 3. The summed E-state index contributed by atoms with van der Waals surface area (Å²) in [6.45, 7) is 11.7. The highest BCUT2D eigenvalue weighted by Crippen LogP contribution is 2.51. The van der Waals surface area contributed by atoms with Gasteiger partial charge in [0.1, 0.15) is 5.82 Å². The van der Waals surface area contributed by atoms with E-state index in [1.165, 1.54) is 0 Å². The van der Waals surface area contributed by atoms with Crippen LogP contribution in [0.4, 0.5) is 23.4 Å². The highest BCUT2D eigenvalue weighted by Gasteiger charge is 2.56. The van der Waals surface area contributed by atoms with Crippen LogP contribution in [0.5, 0.6) is 0 Å². The second-order valence-corrected chi connectivity index (χ2v) is 7.94. The Morgan fingerprint density at radius 2 is 1.80 bits per heavy atom. The van der Waals surface area contributed by atoms with Crippen molar-refractivity contribution in [3.8, 4) is 0 Å². The molecule has 1 aliphatic carbocycles. The summed E-state index contributed by atoms with van der Waals surface area (Å²) >= 11 is -0.0897. The van der Waals surface area contributed by atoms with Crippen LogP contribution in [0.25, 0.3) is 5.52 Å².